The minimum atomic E-state index is -0.482. The molecule has 3 aromatic rings. The Morgan fingerprint density at radius 2 is 1.86 bits per heavy atom. The lowest BCUT2D eigenvalue weighted by Crippen LogP contribution is -2.45. The fourth-order valence-corrected chi connectivity index (χ4v) is 5.18. The van der Waals surface area contributed by atoms with Crippen LogP contribution < -0.4 is 24.8 Å². The molecular weight excluding hydrogens is 538 g/mol. The third kappa shape index (κ3) is 6.67. The highest BCUT2D eigenvalue weighted by atomic mass is 16.5. The molecule has 2 atom stereocenters. The van der Waals surface area contributed by atoms with Gasteiger partial charge in [0, 0.05) is 30.4 Å². The summed E-state index contributed by atoms with van der Waals surface area (Å²) in [6.07, 6.45) is 1.77. The summed E-state index contributed by atoms with van der Waals surface area (Å²) in [5.74, 6) is 1.24. The molecular formula is C31H35N5O6. The summed E-state index contributed by atoms with van der Waals surface area (Å²) in [4.78, 5) is 41.1. The lowest BCUT2D eigenvalue weighted by atomic mass is 10.1. The van der Waals surface area contributed by atoms with Gasteiger partial charge >= 0.3 is 0 Å². The highest BCUT2D eigenvalue weighted by molar-refractivity contribution is 5.95. The number of aryl methyl sites for hydroxylation is 2. The summed E-state index contributed by atoms with van der Waals surface area (Å²) in [5.41, 5.74) is 2.99. The number of ether oxygens (including phenoxy) is 3. The third-order valence-corrected chi connectivity index (χ3v) is 7.72. The molecule has 1 saturated heterocycles. The zero-order chi connectivity index (χ0) is 29.2. The molecule has 4 heterocycles. The molecule has 220 valence electrons. The number of likely N-dealkylation sites (tertiary alicyclic amines) is 1. The minimum Gasteiger partial charge on any atom is -0.493 e. The number of fused-ring (bicyclic) bond motifs is 7. The largest absolute Gasteiger partial charge is 0.493 e. The minimum absolute atomic E-state index is 0.106. The molecule has 42 heavy (non-hydrogen) atoms. The smallest absolute Gasteiger partial charge is 0.258 e. The van der Waals surface area contributed by atoms with Crippen LogP contribution in [0, 0.1) is 19.8 Å². The fourth-order valence-electron chi connectivity index (χ4n) is 5.18. The van der Waals surface area contributed by atoms with Gasteiger partial charge in [-0.05, 0) is 68.5 Å². The molecule has 1 aromatic heterocycles. The van der Waals surface area contributed by atoms with Crippen LogP contribution in [0.1, 0.15) is 40.2 Å². The van der Waals surface area contributed by atoms with Gasteiger partial charge in [-0.15, -0.1) is 0 Å². The van der Waals surface area contributed by atoms with Crippen LogP contribution in [-0.2, 0) is 22.7 Å². The molecule has 3 amide bonds. The van der Waals surface area contributed by atoms with Gasteiger partial charge in [-0.3, -0.25) is 19.1 Å². The van der Waals surface area contributed by atoms with Crippen LogP contribution in [0.5, 0.6) is 17.2 Å². The maximum Gasteiger partial charge on any atom is 0.258 e. The first kappa shape index (κ1) is 27.6. The molecule has 11 heteroatoms. The zero-order valence-corrected chi connectivity index (χ0v) is 23.8. The van der Waals surface area contributed by atoms with Crippen LogP contribution in [0.25, 0.3) is 0 Å². The second kappa shape index (κ2) is 11.8. The Kier molecular flexibility index (Phi) is 7.73. The molecule has 2 N–H and O–H groups in total. The Labute approximate surface area is 244 Å². The molecule has 4 bridgehead atoms. The van der Waals surface area contributed by atoms with Crippen molar-refractivity contribution < 1.29 is 28.6 Å². The van der Waals surface area contributed by atoms with E-state index in [2.05, 4.69) is 15.7 Å². The summed E-state index contributed by atoms with van der Waals surface area (Å²) in [5, 5.41) is 10.3. The standard InChI is InChI=1S/C31H35N5O6/c1-19-9-20(2)36(34-19)16-30(38)35-14-27-28(15-35)42-24-7-5-21(6-8-24)13-32-29(37)18-41-26-11-23(31(39)33-27)10-25(12-26)40-17-22-3-4-22/h5-12,22,27-28H,3-4,13-18H2,1-2H3,(H,32,37)(H,33,39)/t27-,28-/m0/s1. The molecule has 0 spiro atoms. The van der Waals surface area contributed by atoms with Crippen LogP contribution in [0.4, 0.5) is 0 Å². The van der Waals surface area contributed by atoms with E-state index in [4.69, 9.17) is 14.2 Å². The molecule has 4 aliphatic rings. The quantitative estimate of drug-likeness (QED) is 0.480. The SMILES string of the molecule is Cc1cc(C)n(CC(=O)N2C[C@@H]3NC(=O)c4cc(cc(OCC5CC5)c4)OCC(=O)NCc4ccc(cc4)O[C@H]3C2)n1. The average Bonchev–Trinajstić information content (AvgIpc) is 3.65. The van der Waals surface area contributed by atoms with E-state index in [1.54, 1.807) is 27.8 Å². The number of nitrogens with zero attached hydrogens (tertiary/aromatic N) is 3. The van der Waals surface area contributed by atoms with E-state index in [-0.39, 0.29) is 37.4 Å². The number of nitrogens with one attached hydrogen (secondary N) is 2. The van der Waals surface area contributed by atoms with E-state index in [1.165, 1.54) is 0 Å². The van der Waals surface area contributed by atoms with Gasteiger partial charge in [-0.25, -0.2) is 0 Å². The molecule has 0 unspecified atom stereocenters. The van der Waals surface area contributed by atoms with E-state index in [9.17, 15) is 14.4 Å². The van der Waals surface area contributed by atoms with Crippen LogP contribution in [0.3, 0.4) is 0 Å². The van der Waals surface area contributed by atoms with Crippen molar-refractivity contribution in [3.05, 3.63) is 71.0 Å². The average molecular weight is 574 g/mol. The Morgan fingerprint density at radius 3 is 2.60 bits per heavy atom. The Balaban J connectivity index is 1.26. The second-order valence-electron chi connectivity index (χ2n) is 11.3. The number of aromatic nitrogens is 2. The van der Waals surface area contributed by atoms with E-state index in [1.807, 2.05) is 44.2 Å². The van der Waals surface area contributed by atoms with Gasteiger partial charge in [-0.1, -0.05) is 12.1 Å². The summed E-state index contributed by atoms with van der Waals surface area (Å²) in [7, 11) is 0. The normalized spacial score (nSPS) is 20.6. The lowest BCUT2D eigenvalue weighted by Gasteiger charge is -2.21. The van der Waals surface area contributed by atoms with E-state index in [0.717, 1.165) is 29.8 Å². The highest BCUT2D eigenvalue weighted by Crippen LogP contribution is 2.31. The summed E-state index contributed by atoms with van der Waals surface area (Å²) in [6.45, 7) is 5.20. The van der Waals surface area contributed by atoms with Gasteiger partial charge in [0.15, 0.2) is 6.61 Å². The molecule has 11 nitrogen and oxygen atoms in total. The predicted octanol–water partition coefficient (Wildman–Crippen LogP) is 2.39. The van der Waals surface area contributed by atoms with Gasteiger partial charge < -0.3 is 29.7 Å². The van der Waals surface area contributed by atoms with Crippen LogP contribution >= 0.6 is 0 Å². The van der Waals surface area contributed by atoms with Crippen molar-refractivity contribution in [2.24, 2.45) is 5.92 Å². The second-order valence-corrected chi connectivity index (χ2v) is 11.3. The van der Waals surface area contributed by atoms with Crippen LogP contribution in [-0.4, -0.2) is 70.9 Å². The number of benzene rings is 2. The predicted molar refractivity (Wildman–Crippen MR) is 152 cm³/mol. The zero-order valence-electron chi connectivity index (χ0n) is 23.8. The Bertz CT molecular complexity index is 1480. The molecule has 0 radical (unpaired) electrons. The van der Waals surface area contributed by atoms with Crippen molar-refractivity contribution in [2.45, 2.75) is 51.9 Å². The van der Waals surface area contributed by atoms with Gasteiger partial charge in [0.2, 0.25) is 5.91 Å². The number of amides is 3. The Morgan fingerprint density at radius 1 is 1.05 bits per heavy atom. The van der Waals surface area contributed by atoms with Crippen molar-refractivity contribution in [1.29, 1.82) is 0 Å². The Hall–Kier alpha value is -4.54. The summed E-state index contributed by atoms with van der Waals surface area (Å²) in [6, 6.07) is 13.8. The molecule has 1 aliphatic carbocycles. The summed E-state index contributed by atoms with van der Waals surface area (Å²) < 4.78 is 19.7. The van der Waals surface area contributed by atoms with Gasteiger partial charge in [-0.2, -0.15) is 5.10 Å². The number of hydrogen-bond donors (Lipinski definition) is 2. The van der Waals surface area contributed by atoms with Crippen molar-refractivity contribution in [3.63, 3.8) is 0 Å². The molecule has 7 rings (SSSR count). The third-order valence-electron chi connectivity index (χ3n) is 7.72. The maximum absolute atomic E-state index is 13.6. The number of rotatable bonds is 5. The van der Waals surface area contributed by atoms with Gasteiger partial charge in [0.05, 0.1) is 24.9 Å². The van der Waals surface area contributed by atoms with E-state index >= 15 is 0 Å². The van der Waals surface area contributed by atoms with E-state index < -0.39 is 12.1 Å². The van der Waals surface area contributed by atoms with Gasteiger partial charge in [0.1, 0.15) is 29.9 Å². The summed E-state index contributed by atoms with van der Waals surface area (Å²) >= 11 is 0. The maximum atomic E-state index is 13.6. The van der Waals surface area contributed by atoms with Crippen molar-refractivity contribution in [1.82, 2.24) is 25.3 Å². The van der Waals surface area contributed by atoms with E-state index in [0.29, 0.717) is 48.4 Å². The topological polar surface area (TPSA) is 124 Å². The monoisotopic (exact) mass is 573 g/mol. The molecule has 3 aliphatic heterocycles. The highest BCUT2D eigenvalue weighted by Gasteiger charge is 2.38. The number of hydrogen-bond acceptors (Lipinski definition) is 7. The van der Waals surface area contributed by atoms with Crippen molar-refractivity contribution >= 4 is 17.7 Å². The molecule has 1 saturated carbocycles. The fraction of sp³-hybridized carbons (Fsp3) is 0.419. The van der Waals surface area contributed by atoms with Crippen LogP contribution in [0.15, 0.2) is 48.5 Å². The van der Waals surface area contributed by atoms with Crippen molar-refractivity contribution in [2.75, 3.05) is 26.3 Å². The number of carbonyl (C=O) groups excluding carboxylic acids is 3. The first-order valence-corrected chi connectivity index (χ1v) is 14.3. The molecule has 2 fully saturated rings. The first-order chi connectivity index (χ1) is 20.3. The van der Waals surface area contributed by atoms with Crippen molar-refractivity contribution in [3.8, 4) is 17.2 Å². The van der Waals surface area contributed by atoms with Gasteiger partial charge in [0.25, 0.3) is 11.8 Å². The number of carbonyl (C=O) groups is 3. The molecule has 2 aromatic carbocycles. The first-order valence-electron chi connectivity index (χ1n) is 14.3. The van der Waals surface area contributed by atoms with Crippen LogP contribution in [0.2, 0.25) is 0 Å². The lowest BCUT2D eigenvalue weighted by molar-refractivity contribution is -0.131.